The molecule has 0 amide bonds. The first-order valence-electron chi connectivity index (χ1n) is 5.86. The van der Waals surface area contributed by atoms with Gasteiger partial charge in [0, 0.05) is 10.9 Å². The quantitative estimate of drug-likeness (QED) is 0.721. The minimum Gasteiger partial charge on any atom is -0.507 e. The minimum absolute atomic E-state index is 0.0603. The van der Waals surface area contributed by atoms with Crippen LogP contribution in [-0.4, -0.2) is 15.1 Å². The number of hydrogen-bond donors (Lipinski definition) is 2. The topological polar surface area (TPSA) is 72.0 Å². The molecule has 0 atom stereocenters. The van der Waals surface area contributed by atoms with E-state index in [0.29, 0.717) is 0 Å². The van der Waals surface area contributed by atoms with Gasteiger partial charge in [-0.3, -0.25) is 0 Å². The molecule has 1 heterocycles. The monoisotopic (exact) mass is 307 g/mol. The van der Waals surface area contributed by atoms with Gasteiger partial charge < -0.3 is 10.8 Å². The number of phenols is 1. The third kappa shape index (κ3) is 2.04. The SMILES string of the molecule is Nc1ncnc2c(F)c(-c3c(O)cccc3F)c(Cl)cc12. The van der Waals surface area contributed by atoms with E-state index in [-0.39, 0.29) is 32.9 Å². The fourth-order valence-corrected chi connectivity index (χ4v) is 2.42. The summed E-state index contributed by atoms with van der Waals surface area (Å²) in [6.45, 7) is 0. The van der Waals surface area contributed by atoms with Crippen LogP contribution in [0.15, 0.2) is 30.6 Å². The van der Waals surface area contributed by atoms with Crippen LogP contribution in [0, 0.1) is 11.6 Å². The van der Waals surface area contributed by atoms with Crippen LogP contribution in [-0.2, 0) is 0 Å². The van der Waals surface area contributed by atoms with Gasteiger partial charge in [0.2, 0.25) is 0 Å². The van der Waals surface area contributed by atoms with Crippen molar-refractivity contribution >= 4 is 28.3 Å². The van der Waals surface area contributed by atoms with Gasteiger partial charge in [-0.15, -0.1) is 0 Å². The molecule has 2 aromatic carbocycles. The van der Waals surface area contributed by atoms with Crippen molar-refractivity contribution in [3.05, 3.63) is 47.2 Å². The Morgan fingerprint density at radius 1 is 1.14 bits per heavy atom. The van der Waals surface area contributed by atoms with Gasteiger partial charge in [-0.1, -0.05) is 17.7 Å². The number of phenolic OH excluding ortho intramolecular Hbond substituents is 1. The number of rotatable bonds is 1. The van der Waals surface area contributed by atoms with Crippen molar-refractivity contribution in [3.8, 4) is 16.9 Å². The Labute approximate surface area is 122 Å². The number of aromatic hydroxyl groups is 1. The standard InChI is InChI=1S/C14H8ClF2N3O/c15-7-4-6-13(19-5-20-14(6)18)12(17)10(7)11-8(16)2-1-3-9(11)21/h1-5,21H,(H2,18,19,20). The van der Waals surface area contributed by atoms with Gasteiger partial charge >= 0.3 is 0 Å². The highest BCUT2D eigenvalue weighted by Crippen LogP contribution is 2.41. The highest BCUT2D eigenvalue weighted by atomic mass is 35.5. The zero-order valence-electron chi connectivity index (χ0n) is 10.4. The van der Waals surface area contributed by atoms with Crippen molar-refractivity contribution in [1.29, 1.82) is 0 Å². The van der Waals surface area contributed by atoms with E-state index in [1.807, 2.05) is 0 Å². The highest BCUT2D eigenvalue weighted by Gasteiger charge is 2.22. The maximum atomic E-state index is 14.6. The molecule has 0 aliphatic rings. The Hall–Kier alpha value is -2.47. The number of hydrogen-bond acceptors (Lipinski definition) is 4. The summed E-state index contributed by atoms with van der Waals surface area (Å²) in [7, 11) is 0. The number of nitrogens with two attached hydrogens (primary N) is 1. The lowest BCUT2D eigenvalue weighted by atomic mass is 10.0. The number of nitrogens with zero attached hydrogens (tertiary/aromatic N) is 2. The van der Waals surface area contributed by atoms with Crippen LogP contribution in [0.1, 0.15) is 0 Å². The normalized spacial score (nSPS) is 11.0. The van der Waals surface area contributed by atoms with Crippen molar-refractivity contribution in [2.24, 2.45) is 0 Å². The smallest absolute Gasteiger partial charge is 0.159 e. The zero-order valence-corrected chi connectivity index (χ0v) is 11.2. The average Bonchev–Trinajstić information content (AvgIpc) is 2.43. The average molecular weight is 308 g/mol. The maximum Gasteiger partial charge on any atom is 0.159 e. The van der Waals surface area contributed by atoms with Crippen LogP contribution in [0.2, 0.25) is 5.02 Å². The summed E-state index contributed by atoms with van der Waals surface area (Å²) >= 11 is 6.03. The van der Waals surface area contributed by atoms with Crippen molar-refractivity contribution < 1.29 is 13.9 Å². The molecule has 4 nitrogen and oxygen atoms in total. The fourth-order valence-electron chi connectivity index (χ4n) is 2.14. The van der Waals surface area contributed by atoms with Gasteiger partial charge in [0.05, 0.1) is 10.6 Å². The van der Waals surface area contributed by atoms with Crippen LogP contribution in [0.4, 0.5) is 14.6 Å². The first-order chi connectivity index (χ1) is 10.0. The highest BCUT2D eigenvalue weighted by molar-refractivity contribution is 6.34. The van der Waals surface area contributed by atoms with Gasteiger partial charge in [0.1, 0.15) is 29.2 Å². The van der Waals surface area contributed by atoms with E-state index in [1.165, 1.54) is 18.2 Å². The molecule has 3 N–H and O–H groups in total. The lowest BCUT2D eigenvalue weighted by Crippen LogP contribution is -1.98. The molecular formula is C14H8ClF2N3O. The Bertz CT molecular complexity index is 850. The minimum atomic E-state index is -0.869. The van der Waals surface area contributed by atoms with Crippen LogP contribution in [0.3, 0.4) is 0 Å². The number of fused-ring (bicyclic) bond motifs is 1. The Morgan fingerprint density at radius 3 is 2.62 bits per heavy atom. The molecule has 0 saturated heterocycles. The number of benzene rings is 2. The van der Waals surface area contributed by atoms with Gasteiger partial charge in [-0.05, 0) is 18.2 Å². The molecule has 106 valence electrons. The summed E-state index contributed by atoms with van der Waals surface area (Å²) in [5, 5.41) is 9.92. The van der Waals surface area contributed by atoms with Gasteiger partial charge in [-0.25, -0.2) is 18.7 Å². The Kier molecular flexibility index (Phi) is 3.10. The Morgan fingerprint density at radius 2 is 1.90 bits per heavy atom. The van der Waals surface area contributed by atoms with Crippen molar-refractivity contribution in [2.75, 3.05) is 5.73 Å². The second-order valence-electron chi connectivity index (χ2n) is 4.34. The molecule has 0 spiro atoms. The molecule has 3 rings (SSSR count). The molecule has 3 aromatic rings. The number of halogens is 3. The molecule has 0 aliphatic heterocycles. The van der Waals surface area contributed by atoms with Crippen LogP contribution >= 0.6 is 11.6 Å². The molecule has 7 heteroatoms. The zero-order chi connectivity index (χ0) is 15.1. The summed E-state index contributed by atoms with van der Waals surface area (Å²) in [6.07, 6.45) is 1.10. The van der Waals surface area contributed by atoms with E-state index in [1.54, 1.807) is 0 Å². The summed E-state index contributed by atoms with van der Waals surface area (Å²) in [5.41, 5.74) is 4.96. The lowest BCUT2D eigenvalue weighted by Gasteiger charge is -2.12. The Balaban J connectivity index is 2.44. The molecule has 0 radical (unpaired) electrons. The summed E-state index contributed by atoms with van der Waals surface area (Å²) in [5.74, 6) is -2.02. The molecule has 21 heavy (non-hydrogen) atoms. The van der Waals surface area contributed by atoms with Crippen molar-refractivity contribution in [1.82, 2.24) is 9.97 Å². The largest absolute Gasteiger partial charge is 0.507 e. The molecule has 1 aromatic heterocycles. The van der Waals surface area contributed by atoms with Crippen molar-refractivity contribution in [2.45, 2.75) is 0 Å². The fraction of sp³-hybridized carbons (Fsp3) is 0. The van der Waals surface area contributed by atoms with E-state index in [2.05, 4.69) is 9.97 Å². The molecule has 0 fully saturated rings. The second kappa shape index (κ2) is 4.82. The molecule has 0 unspecified atom stereocenters. The molecule has 0 bridgehead atoms. The van der Waals surface area contributed by atoms with E-state index in [4.69, 9.17) is 17.3 Å². The van der Waals surface area contributed by atoms with E-state index in [9.17, 15) is 13.9 Å². The van der Waals surface area contributed by atoms with Crippen LogP contribution in [0.25, 0.3) is 22.0 Å². The van der Waals surface area contributed by atoms with Gasteiger partial charge in [-0.2, -0.15) is 0 Å². The number of aromatic nitrogens is 2. The molecule has 0 aliphatic carbocycles. The second-order valence-corrected chi connectivity index (χ2v) is 4.74. The van der Waals surface area contributed by atoms with Crippen LogP contribution in [0.5, 0.6) is 5.75 Å². The van der Waals surface area contributed by atoms with E-state index in [0.717, 1.165) is 12.4 Å². The predicted molar refractivity (Wildman–Crippen MR) is 76.0 cm³/mol. The molecular weight excluding hydrogens is 300 g/mol. The first kappa shape index (κ1) is 13.5. The van der Waals surface area contributed by atoms with E-state index >= 15 is 0 Å². The van der Waals surface area contributed by atoms with Gasteiger partial charge in [0.15, 0.2) is 5.82 Å². The molecule has 0 saturated carbocycles. The third-order valence-electron chi connectivity index (χ3n) is 3.09. The summed E-state index contributed by atoms with van der Waals surface area (Å²) in [4.78, 5) is 7.54. The number of nitrogen functional groups attached to an aromatic ring is 1. The first-order valence-corrected chi connectivity index (χ1v) is 6.24. The summed E-state index contributed by atoms with van der Waals surface area (Å²) in [6, 6.07) is 4.99. The van der Waals surface area contributed by atoms with E-state index < -0.39 is 17.4 Å². The lowest BCUT2D eigenvalue weighted by molar-refractivity contribution is 0.471. The predicted octanol–water partition coefficient (Wildman–Crippen LogP) is 3.52. The summed E-state index contributed by atoms with van der Waals surface area (Å²) < 4.78 is 28.6. The van der Waals surface area contributed by atoms with Crippen molar-refractivity contribution in [3.63, 3.8) is 0 Å². The van der Waals surface area contributed by atoms with Crippen LogP contribution < -0.4 is 5.73 Å². The number of anilines is 1. The third-order valence-corrected chi connectivity index (χ3v) is 3.39. The maximum absolute atomic E-state index is 14.6. The van der Waals surface area contributed by atoms with Gasteiger partial charge in [0.25, 0.3) is 0 Å².